The molecule has 12 N–H and O–H groups in total. The third kappa shape index (κ3) is 8.79. The maximum Gasteiger partial charge on any atom is 0.187 e. The average Bonchev–Trinajstić information content (AvgIpc) is 3.65. The summed E-state index contributed by atoms with van der Waals surface area (Å²) in [5.74, 6) is 0.379. The second-order valence-electron chi connectivity index (χ2n) is 22.6. The largest absolute Gasteiger partial charge is 0.396 e. The monoisotopic (exact) mass is 947 g/mol. The second kappa shape index (κ2) is 19.9. The highest BCUT2D eigenvalue weighted by atomic mass is 16.8. The van der Waals surface area contributed by atoms with Crippen LogP contribution in [0.2, 0.25) is 0 Å². The number of aliphatic hydroxyl groups is 12. The smallest absolute Gasteiger partial charge is 0.187 e. The van der Waals surface area contributed by atoms with Gasteiger partial charge in [-0.05, 0) is 125 Å². The van der Waals surface area contributed by atoms with Gasteiger partial charge in [0.15, 0.2) is 18.9 Å². The van der Waals surface area contributed by atoms with Crippen LogP contribution in [0.25, 0.3) is 0 Å². The van der Waals surface area contributed by atoms with Crippen LogP contribution < -0.4 is 0 Å². The third-order valence-corrected chi connectivity index (χ3v) is 18.8. The Hall–Kier alpha value is -0.980. The van der Waals surface area contributed by atoms with Crippen LogP contribution in [0.1, 0.15) is 113 Å². The normalized spacial score (nSPS) is 51.3. The SMILES string of the molecule is CC(C)=CCC[C@](C)(O[C@@H]1O[C@H](CO)[C@@H](O)[C@H](O)[C@H]1O)[C@H]1CC[C@]2(C)[C@@H]1CC[C@@H]1[C@@]3(CO)CC[C@H](O[C@@H]4O[C@H](CO)[C@@H](O)[C@H](O)[C@H]4O[C@@H]4O[C@H](CO)[C@@H](O)[C@H](O)[C@H]4O)C(C)(C)[C@@H]3CC[C@]12C. The Balaban J connectivity index is 1.13. The average molecular weight is 947 g/mol. The molecular formula is C48H82O18. The molecule has 3 aliphatic heterocycles. The lowest BCUT2D eigenvalue weighted by Crippen LogP contribution is -2.68. The molecule has 24 atom stereocenters. The molecule has 3 heterocycles. The van der Waals surface area contributed by atoms with E-state index in [9.17, 15) is 61.3 Å². The first-order chi connectivity index (χ1) is 31.0. The first-order valence-electron chi connectivity index (χ1n) is 24.5. The lowest BCUT2D eigenvalue weighted by Gasteiger charge is -2.70. The minimum absolute atomic E-state index is 0.0226. The number of hydrogen-bond acceptors (Lipinski definition) is 18. The zero-order valence-electron chi connectivity index (χ0n) is 39.8. The van der Waals surface area contributed by atoms with Crippen molar-refractivity contribution in [2.24, 2.45) is 45.3 Å². The summed E-state index contributed by atoms with van der Waals surface area (Å²) < 4.78 is 37.2. The van der Waals surface area contributed by atoms with E-state index < -0.39 is 134 Å². The molecule has 7 aliphatic rings. The number of fused-ring (bicyclic) bond motifs is 5. The van der Waals surface area contributed by atoms with E-state index in [1.807, 2.05) is 13.8 Å². The van der Waals surface area contributed by atoms with Crippen LogP contribution in [-0.2, 0) is 28.4 Å². The van der Waals surface area contributed by atoms with Crippen LogP contribution in [0.3, 0.4) is 0 Å². The van der Waals surface area contributed by atoms with Crippen LogP contribution in [0.15, 0.2) is 11.6 Å². The van der Waals surface area contributed by atoms with E-state index in [-0.39, 0.29) is 41.1 Å². The van der Waals surface area contributed by atoms with Crippen molar-refractivity contribution in [1.29, 1.82) is 0 Å². The summed E-state index contributed by atoms with van der Waals surface area (Å²) in [5, 5.41) is 128. The first-order valence-corrected chi connectivity index (χ1v) is 24.5. The van der Waals surface area contributed by atoms with E-state index in [2.05, 4.69) is 40.7 Å². The van der Waals surface area contributed by atoms with Crippen LogP contribution in [0.5, 0.6) is 0 Å². The Kier molecular flexibility index (Phi) is 15.9. The third-order valence-electron chi connectivity index (χ3n) is 18.8. The van der Waals surface area contributed by atoms with Gasteiger partial charge >= 0.3 is 0 Å². The van der Waals surface area contributed by atoms with Crippen molar-refractivity contribution >= 4 is 0 Å². The van der Waals surface area contributed by atoms with Gasteiger partial charge in [-0.15, -0.1) is 0 Å². The van der Waals surface area contributed by atoms with Gasteiger partial charge in [-0.25, -0.2) is 0 Å². The first kappa shape index (κ1) is 52.8. The summed E-state index contributed by atoms with van der Waals surface area (Å²) in [4.78, 5) is 0. The summed E-state index contributed by atoms with van der Waals surface area (Å²) in [7, 11) is 0. The van der Waals surface area contributed by atoms with Gasteiger partial charge in [0.05, 0.1) is 31.5 Å². The topological polar surface area (TPSA) is 298 Å². The Bertz CT molecular complexity index is 1660. The molecule has 0 aromatic heterocycles. The molecule has 7 rings (SSSR count). The van der Waals surface area contributed by atoms with Crippen LogP contribution in [-0.4, -0.2) is 192 Å². The van der Waals surface area contributed by atoms with Crippen LogP contribution in [0.4, 0.5) is 0 Å². The molecule has 4 aliphatic carbocycles. The maximum absolute atomic E-state index is 11.8. The van der Waals surface area contributed by atoms with Gasteiger partial charge in [0.1, 0.15) is 73.2 Å². The molecule has 0 aromatic carbocycles. The van der Waals surface area contributed by atoms with Gasteiger partial charge < -0.3 is 89.7 Å². The lowest BCUT2D eigenvalue weighted by molar-refractivity contribution is -0.379. The molecule has 18 nitrogen and oxygen atoms in total. The van der Waals surface area contributed by atoms with Crippen molar-refractivity contribution in [3.63, 3.8) is 0 Å². The number of ether oxygens (including phenoxy) is 6. The van der Waals surface area contributed by atoms with E-state index >= 15 is 0 Å². The summed E-state index contributed by atoms with van der Waals surface area (Å²) in [6.45, 7) is 13.3. The van der Waals surface area contributed by atoms with Gasteiger partial charge in [-0.1, -0.05) is 39.3 Å². The highest BCUT2D eigenvalue weighted by Gasteiger charge is 2.71. The lowest BCUT2D eigenvalue weighted by atomic mass is 9.35. The quantitative estimate of drug-likeness (QED) is 0.0805. The maximum atomic E-state index is 11.8. The summed E-state index contributed by atoms with van der Waals surface area (Å²) in [6.07, 6.45) is -13.3. The van der Waals surface area contributed by atoms with Crippen molar-refractivity contribution in [2.75, 3.05) is 26.4 Å². The number of aliphatic hydroxyl groups excluding tert-OH is 12. The minimum Gasteiger partial charge on any atom is -0.396 e. The molecule has 0 bridgehead atoms. The predicted molar refractivity (Wildman–Crippen MR) is 234 cm³/mol. The van der Waals surface area contributed by atoms with Gasteiger partial charge in [-0.3, -0.25) is 0 Å². The molecule has 18 heteroatoms. The van der Waals surface area contributed by atoms with Crippen molar-refractivity contribution in [1.82, 2.24) is 0 Å². The summed E-state index contributed by atoms with van der Waals surface area (Å²) in [5.41, 5.74) is -1.06. The van der Waals surface area contributed by atoms with E-state index in [0.29, 0.717) is 19.3 Å². The fourth-order valence-corrected chi connectivity index (χ4v) is 14.9. The van der Waals surface area contributed by atoms with Gasteiger partial charge in [0.2, 0.25) is 0 Å². The van der Waals surface area contributed by atoms with E-state index in [1.165, 1.54) is 5.57 Å². The number of hydrogen-bond donors (Lipinski definition) is 12. The van der Waals surface area contributed by atoms with Crippen LogP contribution in [0, 0.1) is 45.3 Å². The molecule has 4 saturated carbocycles. The second-order valence-corrected chi connectivity index (χ2v) is 22.6. The fourth-order valence-electron chi connectivity index (χ4n) is 14.9. The summed E-state index contributed by atoms with van der Waals surface area (Å²) >= 11 is 0. The van der Waals surface area contributed by atoms with E-state index in [0.717, 1.165) is 44.9 Å². The Morgan fingerprint density at radius 1 is 0.591 bits per heavy atom. The Labute approximate surface area is 388 Å². The van der Waals surface area contributed by atoms with Crippen molar-refractivity contribution < 1.29 is 89.7 Å². The highest BCUT2D eigenvalue weighted by Crippen LogP contribution is 2.76. The standard InChI is InChI=1S/C48H82O18/c1-23(2)9-8-15-47(7,66-42-39(60)36(57)33(54)27(20-50)62-42)25-12-16-45(5)24(25)10-11-30-46(45,6)17-13-29-44(3,4)31(14-18-48(29,30)22-52)64-43-40(37(58)34(55)28(21-51)63-43)65-41-38(59)35(56)32(53)26(19-49)61-41/h9,24-43,49-60H,8,10-22H2,1-7H3/t24-,25+,26-,27-,28-,29+,30+,31+,32-,33-,34-,35+,36+,37+,38-,39-,40-,41+,42+,43+,45-,46-,47+,48-/m1/s1. The highest BCUT2D eigenvalue weighted by molar-refractivity contribution is 5.20. The fraction of sp³-hybridized carbons (Fsp3) is 0.958. The van der Waals surface area contributed by atoms with Gasteiger partial charge in [-0.2, -0.15) is 0 Å². The zero-order valence-corrected chi connectivity index (χ0v) is 39.8. The molecule has 3 saturated heterocycles. The van der Waals surface area contributed by atoms with E-state index in [1.54, 1.807) is 0 Å². The van der Waals surface area contributed by atoms with Crippen molar-refractivity contribution in [3.05, 3.63) is 11.6 Å². The Morgan fingerprint density at radius 3 is 1.71 bits per heavy atom. The molecule has 0 radical (unpaired) electrons. The van der Waals surface area contributed by atoms with Gasteiger partial charge in [0.25, 0.3) is 0 Å². The molecule has 0 amide bonds. The Morgan fingerprint density at radius 2 is 1.14 bits per heavy atom. The molecule has 0 aromatic rings. The predicted octanol–water partition coefficient (Wildman–Crippen LogP) is -0.0252. The molecule has 382 valence electrons. The molecule has 66 heavy (non-hydrogen) atoms. The van der Waals surface area contributed by atoms with Crippen LogP contribution >= 0.6 is 0 Å². The molecule has 7 fully saturated rings. The zero-order chi connectivity index (χ0) is 48.5. The number of allylic oxidation sites excluding steroid dienone is 2. The van der Waals surface area contributed by atoms with Crippen molar-refractivity contribution in [3.8, 4) is 0 Å². The van der Waals surface area contributed by atoms with Crippen molar-refractivity contribution in [2.45, 2.75) is 216 Å². The van der Waals surface area contributed by atoms with Gasteiger partial charge in [0, 0.05) is 12.0 Å². The summed E-state index contributed by atoms with van der Waals surface area (Å²) in [6, 6.07) is 0. The van der Waals surface area contributed by atoms with E-state index in [4.69, 9.17) is 28.4 Å². The molecule has 0 spiro atoms. The minimum atomic E-state index is -1.80. The molecule has 0 unspecified atom stereocenters. The molecular weight excluding hydrogens is 865 g/mol. The number of rotatable bonds is 14.